The zero-order valence-corrected chi connectivity index (χ0v) is 21.4. The molecule has 1 aromatic heterocycles. The number of nitrogens with one attached hydrogen (secondary N) is 1. The molecule has 184 valence electrons. The lowest BCUT2D eigenvalue weighted by Gasteiger charge is -2.36. The Hall–Kier alpha value is -3.97. The van der Waals surface area contributed by atoms with Gasteiger partial charge < -0.3 is 14.9 Å². The first-order chi connectivity index (χ1) is 17.5. The van der Waals surface area contributed by atoms with E-state index in [0.717, 1.165) is 16.7 Å². The number of esters is 1. The number of aromatic nitrogens is 1. The van der Waals surface area contributed by atoms with Gasteiger partial charge in [0.15, 0.2) is 5.13 Å². The predicted octanol–water partition coefficient (Wildman–Crippen LogP) is 6.24. The maximum Gasteiger partial charge on any atom is 0.362 e. The summed E-state index contributed by atoms with van der Waals surface area (Å²) in [4.78, 5) is 22.8. The van der Waals surface area contributed by atoms with Crippen molar-refractivity contribution in [3.05, 3.63) is 119 Å². The third kappa shape index (κ3) is 5.47. The van der Waals surface area contributed by atoms with Crippen LogP contribution >= 0.6 is 11.3 Å². The number of carbonyl (C=O) groups is 1. The molecule has 0 spiro atoms. The average molecular weight is 500 g/mol. The predicted molar refractivity (Wildman–Crippen MR) is 144 cm³/mol. The topological polar surface area (TPSA) is 72.8 Å². The van der Waals surface area contributed by atoms with Crippen molar-refractivity contribution < 1.29 is 14.4 Å². The van der Waals surface area contributed by atoms with Crippen molar-refractivity contribution in [2.24, 2.45) is 5.16 Å². The van der Waals surface area contributed by atoms with Gasteiger partial charge in [-0.05, 0) is 37.5 Å². The van der Waals surface area contributed by atoms with Crippen molar-refractivity contribution in [2.75, 3.05) is 11.9 Å². The largest absolute Gasteiger partial charge is 0.461 e. The van der Waals surface area contributed by atoms with Crippen molar-refractivity contribution in [3.8, 4) is 0 Å². The number of hydrogen-bond donors (Lipinski definition) is 1. The van der Waals surface area contributed by atoms with Gasteiger partial charge in [-0.2, -0.15) is 0 Å². The van der Waals surface area contributed by atoms with E-state index in [4.69, 9.17) is 14.6 Å². The second-order valence-electron chi connectivity index (χ2n) is 8.33. The molecule has 0 aliphatic heterocycles. The molecule has 0 radical (unpaired) electrons. The maximum atomic E-state index is 12.6. The molecule has 7 heteroatoms. The molecule has 4 rings (SSSR count). The third-order valence-corrected chi connectivity index (χ3v) is 6.24. The average Bonchev–Trinajstić information content (AvgIpc) is 3.37. The van der Waals surface area contributed by atoms with Crippen molar-refractivity contribution in [1.29, 1.82) is 0 Å². The molecule has 3 aromatic carbocycles. The Morgan fingerprint density at radius 2 is 1.42 bits per heavy atom. The van der Waals surface area contributed by atoms with Crippen LogP contribution in [0.4, 0.5) is 5.13 Å². The van der Waals surface area contributed by atoms with Gasteiger partial charge in [-0.15, -0.1) is 11.3 Å². The van der Waals surface area contributed by atoms with Crippen LogP contribution in [-0.4, -0.2) is 29.4 Å². The minimum Gasteiger partial charge on any atom is -0.461 e. The summed E-state index contributed by atoms with van der Waals surface area (Å²) in [6.45, 7) is 5.66. The molecule has 0 amide bonds. The molecule has 1 heterocycles. The fraction of sp³-hybridized carbons (Fsp3) is 0.207. The normalized spacial score (nSPS) is 11.8. The van der Waals surface area contributed by atoms with E-state index in [0.29, 0.717) is 10.8 Å². The Balaban J connectivity index is 1.83. The first-order valence-corrected chi connectivity index (χ1v) is 12.7. The van der Waals surface area contributed by atoms with Crippen LogP contribution in [0.25, 0.3) is 0 Å². The quantitative estimate of drug-likeness (QED) is 0.121. The number of carbonyl (C=O) groups excluding carboxylic acids is 1. The smallest absolute Gasteiger partial charge is 0.362 e. The van der Waals surface area contributed by atoms with Crippen LogP contribution in [0.2, 0.25) is 0 Å². The van der Waals surface area contributed by atoms with Crippen LogP contribution in [0.1, 0.15) is 43.2 Å². The molecule has 0 atom stereocenters. The molecular weight excluding hydrogens is 470 g/mol. The Morgan fingerprint density at radius 3 is 1.86 bits per heavy atom. The van der Waals surface area contributed by atoms with Gasteiger partial charge in [0.1, 0.15) is 17.3 Å². The molecule has 0 unspecified atom stereocenters. The van der Waals surface area contributed by atoms with E-state index in [-0.39, 0.29) is 18.4 Å². The second-order valence-corrected chi connectivity index (χ2v) is 9.18. The van der Waals surface area contributed by atoms with Crippen LogP contribution in [0.15, 0.2) is 102 Å². The molecule has 0 saturated heterocycles. The highest BCUT2D eigenvalue weighted by molar-refractivity contribution is 7.14. The molecule has 0 aliphatic carbocycles. The summed E-state index contributed by atoms with van der Waals surface area (Å²) in [5.41, 5.74) is 2.88. The maximum absolute atomic E-state index is 12.6. The Labute approximate surface area is 215 Å². The van der Waals surface area contributed by atoms with Crippen molar-refractivity contribution >= 4 is 28.1 Å². The lowest BCUT2D eigenvalue weighted by molar-refractivity contribution is -0.135. The number of ether oxygens (including phenoxy) is 1. The van der Waals surface area contributed by atoms with E-state index < -0.39 is 11.5 Å². The number of hydrogen-bond acceptors (Lipinski definition) is 7. The molecule has 0 aliphatic rings. The molecule has 4 aromatic rings. The Kier molecular flexibility index (Phi) is 8.13. The van der Waals surface area contributed by atoms with E-state index in [2.05, 4.69) is 46.9 Å². The number of oxime groups is 1. The first kappa shape index (κ1) is 25.1. The summed E-state index contributed by atoms with van der Waals surface area (Å²) in [7, 11) is 0. The zero-order valence-electron chi connectivity index (χ0n) is 20.5. The number of thiazole rings is 1. The van der Waals surface area contributed by atoms with Gasteiger partial charge in [-0.3, -0.25) is 0 Å². The fourth-order valence-corrected chi connectivity index (χ4v) is 4.68. The molecular formula is C29H29N3O3S. The highest BCUT2D eigenvalue weighted by atomic mass is 32.1. The summed E-state index contributed by atoms with van der Waals surface area (Å²) < 4.78 is 5.20. The molecule has 6 nitrogen and oxygen atoms in total. The third-order valence-electron chi connectivity index (χ3n) is 5.49. The van der Waals surface area contributed by atoms with Crippen LogP contribution in [0.3, 0.4) is 0 Å². The highest BCUT2D eigenvalue weighted by Crippen LogP contribution is 2.40. The number of nitrogens with zero attached hydrogens (tertiary/aromatic N) is 2. The molecule has 36 heavy (non-hydrogen) atoms. The SMILES string of the molecule is CCOC(=O)C(=NOC(C)C)c1csc(NC(c2ccccc2)(c2ccccc2)c2ccccc2)n1. The minimum atomic E-state index is -0.728. The second kappa shape index (κ2) is 11.6. The number of rotatable bonds is 10. The van der Waals surface area contributed by atoms with Crippen molar-refractivity contribution in [1.82, 2.24) is 4.98 Å². The van der Waals surface area contributed by atoms with Crippen LogP contribution < -0.4 is 5.32 Å². The number of benzene rings is 3. The monoisotopic (exact) mass is 499 g/mol. The van der Waals surface area contributed by atoms with Crippen LogP contribution in [0, 0.1) is 0 Å². The van der Waals surface area contributed by atoms with E-state index in [9.17, 15) is 4.79 Å². The summed E-state index contributed by atoms with van der Waals surface area (Å²) in [6.07, 6.45) is -0.187. The van der Waals surface area contributed by atoms with Gasteiger partial charge in [-0.25, -0.2) is 9.78 Å². The minimum absolute atomic E-state index is 0.0413. The highest BCUT2D eigenvalue weighted by Gasteiger charge is 2.37. The van der Waals surface area contributed by atoms with E-state index in [1.54, 1.807) is 12.3 Å². The Bertz CT molecular complexity index is 1190. The lowest BCUT2D eigenvalue weighted by Crippen LogP contribution is -2.38. The summed E-state index contributed by atoms with van der Waals surface area (Å²) in [6, 6.07) is 30.8. The zero-order chi connectivity index (χ0) is 25.4. The molecule has 1 N–H and O–H groups in total. The van der Waals surface area contributed by atoms with Crippen molar-refractivity contribution in [2.45, 2.75) is 32.4 Å². The van der Waals surface area contributed by atoms with Gasteiger partial charge in [0.2, 0.25) is 5.71 Å². The van der Waals surface area contributed by atoms with Gasteiger partial charge in [0, 0.05) is 5.38 Å². The molecule has 0 saturated carbocycles. The molecule has 0 bridgehead atoms. The number of anilines is 1. The van der Waals surface area contributed by atoms with Crippen molar-refractivity contribution in [3.63, 3.8) is 0 Å². The van der Waals surface area contributed by atoms with Gasteiger partial charge in [-0.1, -0.05) is 96.2 Å². The summed E-state index contributed by atoms with van der Waals surface area (Å²) in [5.74, 6) is -0.574. The van der Waals surface area contributed by atoms with E-state index in [1.165, 1.54) is 11.3 Å². The first-order valence-electron chi connectivity index (χ1n) is 11.9. The van der Waals surface area contributed by atoms with Gasteiger partial charge in [0.25, 0.3) is 0 Å². The fourth-order valence-electron chi connectivity index (χ4n) is 3.93. The van der Waals surface area contributed by atoms with Gasteiger partial charge >= 0.3 is 5.97 Å². The lowest BCUT2D eigenvalue weighted by atomic mass is 9.77. The van der Waals surface area contributed by atoms with Crippen LogP contribution in [-0.2, 0) is 19.9 Å². The van der Waals surface area contributed by atoms with E-state index in [1.807, 2.05) is 68.4 Å². The summed E-state index contributed by atoms with van der Waals surface area (Å²) in [5, 5.41) is 10.2. The van der Waals surface area contributed by atoms with Gasteiger partial charge in [0.05, 0.1) is 6.61 Å². The van der Waals surface area contributed by atoms with E-state index >= 15 is 0 Å². The standard InChI is InChI=1S/C29H29N3O3S/c1-4-34-27(33)26(32-35-21(2)3)25-20-36-28(30-25)31-29(22-14-8-5-9-15-22,23-16-10-6-11-17-23)24-18-12-7-13-19-24/h5-21H,4H2,1-3H3,(H,30,31). The van der Waals surface area contributed by atoms with Crippen LogP contribution in [0.5, 0.6) is 0 Å². The Morgan fingerprint density at radius 1 is 0.917 bits per heavy atom. The summed E-state index contributed by atoms with van der Waals surface area (Å²) >= 11 is 1.39. The molecule has 0 fully saturated rings.